The SMILES string of the molecule is CC1=CC2CC1C1C2CC2OC21. The van der Waals surface area contributed by atoms with E-state index in [-0.39, 0.29) is 0 Å². The first-order chi connectivity index (χ1) is 5.84. The molecule has 3 aliphatic carbocycles. The molecule has 4 aliphatic rings. The first-order valence-corrected chi connectivity index (χ1v) is 5.18. The van der Waals surface area contributed by atoms with Crippen LogP contribution in [0.4, 0.5) is 0 Å². The normalized spacial score (nSPS) is 64.6. The Hall–Kier alpha value is -0.300. The Kier molecular flexibility index (Phi) is 0.852. The van der Waals surface area contributed by atoms with Gasteiger partial charge in [-0.1, -0.05) is 11.6 Å². The monoisotopic (exact) mass is 162 g/mol. The van der Waals surface area contributed by atoms with Gasteiger partial charge in [-0.3, -0.25) is 0 Å². The van der Waals surface area contributed by atoms with E-state index in [4.69, 9.17) is 4.74 Å². The lowest BCUT2D eigenvalue weighted by Crippen LogP contribution is -2.21. The summed E-state index contributed by atoms with van der Waals surface area (Å²) in [6, 6.07) is 0. The van der Waals surface area contributed by atoms with Crippen LogP contribution in [0.3, 0.4) is 0 Å². The fourth-order valence-electron chi connectivity index (χ4n) is 4.11. The van der Waals surface area contributed by atoms with E-state index < -0.39 is 0 Å². The van der Waals surface area contributed by atoms with Crippen molar-refractivity contribution in [3.8, 4) is 0 Å². The highest BCUT2D eigenvalue weighted by Crippen LogP contribution is 2.63. The summed E-state index contributed by atoms with van der Waals surface area (Å²) in [5.74, 6) is 3.81. The van der Waals surface area contributed by atoms with Gasteiger partial charge in [0.1, 0.15) is 0 Å². The molecule has 0 aromatic heterocycles. The summed E-state index contributed by atoms with van der Waals surface area (Å²) in [7, 11) is 0. The van der Waals surface area contributed by atoms with Crippen molar-refractivity contribution in [1.29, 1.82) is 0 Å². The van der Waals surface area contributed by atoms with E-state index in [1.165, 1.54) is 12.8 Å². The number of rotatable bonds is 0. The van der Waals surface area contributed by atoms with Gasteiger partial charge < -0.3 is 4.74 Å². The fraction of sp³-hybridized carbons (Fsp3) is 0.818. The molecule has 0 spiro atoms. The van der Waals surface area contributed by atoms with Crippen LogP contribution < -0.4 is 0 Å². The Bertz CT molecular complexity index is 281. The Morgan fingerprint density at radius 2 is 2.33 bits per heavy atom. The topological polar surface area (TPSA) is 12.5 Å². The highest BCUT2D eigenvalue weighted by atomic mass is 16.6. The molecule has 0 amide bonds. The van der Waals surface area contributed by atoms with Gasteiger partial charge in [0, 0.05) is 0 Å². The molecule has 6 unspecified atom stereocenters. The predicted molar refractivity (Wildman–Crippen MR) is 45.6 cm³/mol. The number of hydrogen-bond acceptors (Lipinski definition) is 1. The first-order valence-electron chi connectivity index (χ1n) is 5.18. The minimum absolute atomic E-state index is 0.685. The molecule has 2 saturated carbocycles. The third-order valence-corrected chi connectivity index (χ3v) is 4.60. The van der Waals surface area contributed by atoms with Crippen LogP contribution in [0.25, 0.3) is 0 Å². The van der Waals surface area contributed by atoms with Gasteiger partial charge in [-0.25, -0.2) is 0 Å². The molecule has 12 heavy (non-hydrogen) atoms. The molecule has 1 heterocycles. The minimum atomic E-state index is 0.685. The summed E-state index contributed by atoms with van der Waals surface area (Å²) < 4.78 is 5.64. The average Bonchev–Trinajstić information content (AvgIpc) is 2.42. The Balaban J connectivity index is 1.80. The maximum Gasteiger partial charge on any atom is 0.0878 e. The summed E-state index contributed by atoms with van der Waals surface area (Å²) in [6.45, 7) is 2.32. The third-order valence-electron chi connectivity index (χ3n) is 4.60. The second-order valence-electron chi connectivity index (χ2n) is 5.03. The number of ether oxygens (including phenoxy) is 1. The Morgan fingerprint density at radius 3 is 3.25 bits per heavy atom. The molecule has 1 aliphatic heterocycles. The molecule has 64 valence electrons. The van der Waals surface area contributed by atoms with Crippen molar-refractivity contribution in [1.82, 2.24) is 0 Å². The zero-order chi connectivity index (χ0) is 7.87. The van der Waals surface area contributed by atoms with Gasteiger partial charge in [-0.05, 0) is 43.4 Å². The quantitative estimate of drug-likeness (QED) is 0.392. The van der Waals surface area contributed by atoms with Crippen molar-refractivity contribution >= 4 is 0 Å². The van der Waals surface area contributed by atoms with E-state index in [9.17, 15) is 0 Å². The molecule has 0 aromatic carbocycles. The van der Waals surface area contributed by atoms with E-state index in [2.05, 4.69) is 13.0 Å². The summed E-state index contributed by atoms with van der Waals surface area (Å²) in [4.78, 5) is 0. The lowest BCUT2D eigenvalue weighted by Gasteiger charge is -2.24. The zero-order valence-electron chi connectivity index (χ0n) is 7.36. The Morgan fingerprint density at radius 1 is 1.42 bits per heavy atom. The molecule has 0 aromatic rings. The van der Waals surface area contributed by atoms with Crippen molar-refractivity contribution in [2.45, 2.75) is 32.0 Å². The van der Waals surface area contributed by atoms with Crippen LogP contribution in [0, 0.1) is 23.7 Å². The van der Waals surface area contributed by atoms with Crippen LogP contribution in [-0.4, -0.2) is 12.2 Å². The first kappa shape index (κ1) is 6.20. The van der Waals surface area contributed by atoms with Crippen molar-refractivity contribution in [3.63, 3.8) is 0 Å². The highest BCUT2D eigenvalue weighted by Gasteiger charge is 2.63. The van der Waals surface area contributed by atoms with Gasteiger partial charge in [0.15, 0.2) is 0 Å². The van der Waals surface area contributed by atoms with E-state index in [0.29, 0.717) is 12.2 Å². The predicted octanol–water partition coefficient (Wildman–Crippen LogP) is 1.99. The largest absolute Gasteiger partial charge is 0.369 e. The molecular formula is C11H14O. The lowest BCUT2D eigenvalue weighted by molar-refractivity contribution is 0.188. The molecule has 4 rings (SSSR count). The van der Waals surface area contributed by atoms with Gasteiger partial charge in [0.05, 0.1) is 12.2 Å². The van der Waals surface area contributed by atoms with Crippen molar-refractivity contribution in [2.75, 3.05) is 0 Å². The number of epoxide rings is 1. The molecule has 0 N–H and O–H groups in total. The summed E-state index contributed by atoms with van der Waals surface area (Å²) >= 11 is 0. The standard InChI is InChI=1S/C11H14O/c1-5-2-6-3-7(5)10-8(6)4-9-11(10)12-9/h2,6-11H,3-4H2,1H3. The second-order valence-corrected chi connectivity index (χ2v) is 5.03. The lowest BCUT2D eigenvalue weighted by atomic mass is 9.82. The second kappa shape index (κ2) is 1.65. The molecule has 3 fully saturated rings. The maximum atomic E-state index is 5.64. The molecule has 1 saturated heterocycles. The summed E-state index contributed by atoms with van der Waals surface area (Å²) in [6.07, 6.45) is 6.74. The summed E-state index contributed by atoms with van der Waals surface area (Å²) in [5, 5.41) is 0. The molecule has 2 bridgehead atoms. The zero-order valence-corrected chi connectivity index (χ0v) is 7.36. The third kappa shape index (κ3) is 0.517. The van der Waals surface area contributed by atoms with Crippen molar-refractivity contribution in [3.05, 3.63) is 11.6 Å². The van der Waals surface area contributed by atoms with Crippen LogP contribution >= 0.6 is 0 Å². The van der Waals surface area contributed by atoms with Gasteiger partial charge in [0.25, 0.3) is 0 Å². The molecule has 1 heteroatoms. The van der Waals surface area contributed by atoms with E-state index in [0.717, 1.165) is 23.7 Å². The average molecular weight is 162 g/mol. The van der Waals surface area contributed by atoms with Crippen LogP contribution in [0.2, 0.25) is 0 Å². The Labute approximate surface area is 72.8 Å². The van der Waals surface area contributed by atoms with Gasteiger partial charge in [-0.15, -0.1) is 0 Å². The van der Waals surface area contributed by atoms with Gasteiger partial charge in [-0.2, -0.15) is 0 Å². The molecule has 0 radical (unpaired) electrons. The van der Waals surface area contributed by atoms with E-state index >= 15 is 0 Å². The molecule has 6 atom stereocenters. The molecular weight excluding hydrogens is 148 g/mol. The smallest absolute Gasteiger partial charge is 0.0878 e. The summed E-state index contributed by atoms with van der Waals surface area (Å²) in [5.41, 5.74) is 1.66. The highest BCUT2D eigenvalue weighted by molar-refractivity contribution is 5.27. The van der Waals surface area contributed by atoms with Crippen LogP contribution in [0.15, 0.2) is 11.6 Å². The van der Waals surface area contributed by atoms with Gasteiger partial charge in [0.2, 0.25) is 0 Å². The van der Waals surface area contributed by atoms with E-state index in [1.807, 2.05) is 0 Å². The maximum absolute atomic E-state index is 5.64. The number of fused-ring (bicyclic) bond motifs is 7. The van der Waals surface area contributed by atoms with Crippen molar-refractivity contribution < 1.29 is 4.74 Å². The number of allylic oxidation sites excluding steroid dienone is 2. The van der Waals surface area contributed by atoms with Crippen LogP contribution in [0.1, 0.15) is 19.8 Å². The minimum Gasteiger partial charge on any atom is -0.369 e. The fourth-order valence-corrected chi connectivity index (χ4v) is 4.11. The van der Waals surface area contributed by atoms with Crippen LogP contribution in [-0.2, 0) is 4.74 Å². The molecule has 1 nitrogen and oxygen atoms in total. The number of hydrogen-bond donors (Lipinski definition) is 0. The van der Waals surface area contributed by atoms with Gasteiger partial charge >= 0.3 is 0 Å². The van der Waals surface area contributed by atoms with E-state index in [1.54, 1.807) is 5.57 Å². The van der Waals surface area contributed by atoms with Crippen molar-refractivity contribution in [2.24, 2.45) is 23.7 Å². The van der Waals surface area contributed by atoms with Crippen LogP contribution in [0.5, 0.6) is 0 Å².